The van der Waals surface area contributed by atoms with Gasteiger partial charge in [-0.1, -0.05) is 13.0 Å². The van der Waals surface area contributed by atoms with Crippen LogP contribution in [0.5, 0.6) is 11.8 Å². The Bertz CT molecular complexity index is 608. The van der Waals surface area contributed by atoms with Crippen molar-refractivity contribution in [2.45, 2.75) is 46.6 Å². The summed E-state index contributed by atoms with van der Waals surface area (Å²) in [5.41, 5.74) is 10.5. The second kappa shape index (κ2) is 6.68. The summed E-state index contributed by atoms with van der Waals surface area (Å²) >= 11 is 0. The van der Waals surface area contributed by atoms with E-state index in [0.29, 0.717) is 6.01 Å². The Balaban J connectivity index is 2.14. The van der Waals surface area contributed by atoms with Crippen LogP contribution in [0.4, 0.5) is 0 Å². The molecule has 21 heavy (non-hydrogen) atoms. The number of hydrogen-bond donors (Lipinski definition) is 1. The normalized spacial score (nSPS) is 12.2. The van der Waals surface area contributed by atoms with Crippen LogP contribution in [0.2, 0.25) is 0 Å². The average Bonchev–Trinajstić information content (AvgIpc) is 2.46. The van der Waals surface area contributed by atoms with Crippen molar-refractivity contribution in [2.75, 3.05) is 0 Å². The molecule has 0 aliphatic rings. The van der Waals surface area contributed by atoms with Crippen molar-refractivity contribution in [1.82, 2.24) is 9.97 Å². The van der Waals surface area contributed by atoms with Crippen LogP contribution in [0.1, 0.15) is 35.6 Å². The Morgan fingerprint density at radius 3 is 2.43 bits per heavy atom. The van der Waals surface area contributed by atoms with Gasteiger partial charge >= 0.3 is 6.01 Å². The van der Waals surface area contributed by atoms with E-state index in [-0.39, 0.29) is 6.04 Å². The van der Waals surface area contributed by atoms with E-state index in [1.807, 2.05) is 13.0 Å². The molecular formula is C17H23N3O. The van der Waals surface area contributed by atoms with Crippen LogP contribution in [-0.4, -0.2) is 16.0 Å². The monoisotopic (exact) mass is 285 g/mol. The zero-order valence-corrected chi connectivity index (χ0v) is 13.2. The molecule has 4 nitrogen and oxygen atoms in total. The fourth-order valence-electron chi connectivity index (χ4n) is 2.15. The van der Waals surface area contributed by atoms with Crippen molar-refractivity contribution in [3.63, 3.8) is 0 Å². The van der Waals surface area contributed by atoms with E-state index in [1.165, 1.54) is 11.1 Å². The third-order valence-electron chi connectivity index (χ3n) is 3.67. The van der Waals surface area contributed by atoms with Crippen molar-refractivity contribution >= 4 is 0 Å². The van der Waals surface area contributed by atoms with E-state index in [2.05, 4.69) is 36.8 Å². The summed E-state index contributed by atoms with van der Waals surface area (Å²) in [5, 5.41) is 0. The third kappa shape index (κ3) is 4.02. The number of ether oxygens (including phenoxy) is 1. The van der Waals surface area contributed by atoms with Crippen LogP contribution in [0, 0.1) is 20.8 Å². The van der Waals surface area contributed by atoms with E-state index in [1.54, 1.807) is 12.4 Å². The van der Waals surface area contributed by atoms with E-state index in [9.17, 15) is 0 Å². The van der Waals surface area contributed by atoms with E-state index < -0.39 is 0 Å². The highest BCUT2D eigenvalue weighted by molar-refractivity contribution is 5.43. The minimum Gasteiger partial charge on any atom is -0.424 e. The molecule has 0 spiro atoms. The molecule has 0 aliphatic carbocycles. The maximum absolute atomic E-state index is 5.93. The lowest BCUT2D eigenvalue weighted by molar-refractivity contribution is 0.436. The van der Waals surface area contributed by atoms with Crippen molar-refractivity contribution in [1.29, 1.82) is 0 Å². The molecule has 112 valence electrons. The van der Waals surface area contributed by atoms with Gasteiger partial charge in [0.15, 0.2) is 0 Å². The first-order valence-electron chi connectivity index (χ1n) is 7.31. The van der Waals surface area contributed by atoms with E-state index in [0.717, 1.165) is 29.7 Å². The highest BCUT2D eigenvalue weighted by atomic mass is 16.5. The summed E-state index contributed by atoms with van der Waals surface area (Å²) in [6.45, 7) is 8.24. The molecular weight excluding hydrogens is 262 g/mol. The summed E-state index contributed by atoms with van der Waals surface area (Å²) < 4.78 is 5.80. The van der Waals surface area contributed by atoms with Gasteiger partial charge in [0.1, 0.15) is 5.75 Å². The Labute approximate surface area is 126 Å². The Morgan fingerprint density at radius 2 is 1.81 bits per heavy atom. The fourth-order valence-corrected chi connectivity index (χ4v) is 2.15. The first kappa shape index (κ1) is 15.4. The van der Waals surface area contributed by atoms with Gasteiger partial charge in [-0.25, -0.2) is 9.97 Å². The number of rotatable bonds is 5. The molecule has 0 fully saturated rings. The Morgan fingerprint density at radius 1 is 1.14 bits per heavy atom. The summed E-state index contributed by atoms with van der Waals surface area (Å²) in [7, 11) is 0. The molecule has 0 radical (unpaired) electrons. The first-order chi connectivity index (χ1) is 9.99. The number of nitrogens with zero attached hydrogens (tertiary/aromatic N) is 2. The van der Waals surface area contributed by atoms with Crippen molar-refractivity contribution in [3.8, 4) is 11.8 Å². The highest BCUT2D eigenvalue weighted by Gasteiger charge is 2.08. The average molecular weight is 285 g/mol. The maximum Gasteiger partial charge on any atom is 0.321 e. The number of nitrogens with two attached hydrogens (primary N) is 1. The molecule has 1 heterocycles. The number of aromatic nitrogens is 2. The first-order valence-corrected chi connectivity index (χ1v) is 7.31. The number of aryl methyl sites for hydroxylation is 2. The summed E-state index contributed by atoms with van der Waals surface area (Å²) in [5.74, 6) is 0.811. The second-order valence-corrected chi connectivity index (χ2v) is 5.55. The molecule has 1 atom stereocenters. The van der Waals surface area contributed by atoms with Gasteiger partial charge < -0.3 is 10.5 Å². The van der Waals surface area contributed by atoms with Gasteiger partial charge in [-0.05, 0) is 61.9 Å². The number of benzene rings is 1. The zero-order valence-electron chi connectivity index (χ0n) is 13.2. The van der Waals surface area contributed by atoms with Crippen molar-refractivity contribution in [2.24, 2.45) is 5.73 Å². The van der Waals surface area contributed by atoms with Gasteiger partial charge in [-0.3, -0.25) is 0 Å². The maximum atomic E-state index is 5.93. The van der Waals surface area contributed by atoms with Crippen molar-refractivity contribution in [3.05, 3.63) is 46.8 Å². The van der Waals surface area contributed by atoms with Gasteiger partial charge in [-0.15, -0.1) is 0 Å². The van der Waals surface area contributed by atoms with Gasteiger partial charge in [0.2, 0.25) is 0 Å². The third-order valence-corrected chi connectivity index (χ3v) is 3.67. The molecule has 0 aliphatic heterocycles. The van der Waals surface area contributed by atoms with Crippen LogP contribution in [0.25, 0.3) is 0 Å². The van der Waals surface area contributed by atoms with Gasteiger partial charge in [0.25, 0.3) is 0 Å². The summed E-state index contributed by atoms with van der Waals surface area (Å²) in [4.78, 5) is 8.55. The lowest BCUT2D eigenvalue weighted by atomic mass is 10.1. The predicted molar refractivity (Wildman–Crippen MR) is 84.7 cm³/mol. The predicted octanol–water partition coefficient (Wildman–Crippen LogP) is 3.47. The lowest BCUT2D eigenvalue weighted by Crippen LogP contribution is -2.21. The highest BCUT2D eigenvalue weighted by Crippen LogP contribution is 2.26. The Kier molecular flexibility index (Phi) is 4.91. The standard InChI is InChI=1S/C17H23N3O/c1-5-15(18)8-14-9-19-17(20-10-14)21-16-7-11(2)6-12(3)13(16)4/h6-7,9-10,15H,5,8,18H2,1-4H3. The van der Waals surface area contributed by atoms with E-state index >= 15 is 0 Å². The molecule has 0 saturated carbocycles. The van der Waals surface area contributed by atoms with Gasteiger partial charge in [-0.2, -0.15) is 0 Å². The largest absolute Gasteiger partial charge is 0.424 e. The van der Waals surface area contributed by atoms with E-state index in [4.69, 9.17) is 10.5 Å². The van der Waals surface area contributed by atoms with Crippen LogP contribution in [-0.2, 0) is 6.42 Å². The Hall–Kier alpha value is -1.94. The van der Waals surface area contributed by atoms with Gasteiger partial charge in [0, 0.05) is 18.4 Å². The quantitative estimate of drug-likeness (QED) is 0.913. The SMILES string of the molecule is CCC(N)Cc1cnc(Oc2cc(C)cc(C)c2C)nc1. The van der Waals surface area contributed by atoms with Crippen LogP contribution >= 0.6 is 0 Å². The fraction of sp³-hybridized carbons (Fsp3) is 0.412. The molecule has 0 amide bonds. The zero-order chi connectivity index (χ0) is 15.4. The minimum atomic E-state index is 0.155. The lowest BCUT2D eigenvalue weighted by Gasteiger charge is -2.11. The molecule has 0 saturated heterocycles. The number of hydrogen-bond acceptors (Lipinski definition) is 4. The minimum absolute atomic E-state index is 0.155. The van der Waals surface area contributed by atoms with Crippen LogP contribution in [0.15, 0.2) is 24.5 Å². The molecule has 0 bridgehead atoms. The van der Waals surface area contributed by atoms with Crippen LogP contribution < -0.4 is 10.5 Å². The topological polar surface area (TPSA) is 61.0 Å². The molecule has 1 aromatic carbocycles. The van der Waals surface area contributed by atoms with Crippen molar-refractivity contribution < 1.29 is 4.74 Å². The molecule has 2 rings (SSSR count). The molecule has 4 heteroatoms. The molecule has 2 N–H and O–H groups in total. The second-order valence-electron chi connectivity index (χ2n) is 5.55. The summed E-state index contributed by atoms with van der Waals surface area (Å²) in [6, 6.07) is 4.67. The van der Waals surface area contributed by atoms with Gasteiger partial charge in [0.05, 0.1) is 0 Å². The smallest absolute Gasteiger partial charge is 0.321 e. The summed E-state index contributed by atoms with van der Waals surface area (Å²) in [6.07, 6.45) is 5.31. The molecule has 1 aromatic heterocycles. The molecule has 2 aromatic rings. The molecule has 1 unspecified atom stereocenters. The van der Waals surface area contributed by atoms with Crippen LogP contribution in [0.3, 0.4) is 0 Å².